The lowest BCUT2D eigenvalue weighted by molar-refractivity contribution is 0.512. The van der Waals surface area contributed by atoms with E-state index in [1.807, 2.05) is 6.07 Å². The average Bonchev–Trinajstić information content (AvgIpc) is 2.58. The van der Waals surface area contributed by atoms with E-state index in [-0.39, 0.29) is 0 Å². The van der Waals surface area contributed by atoms with E-state index in [4.69, 9.17) is 16.0 Å². The Bertz CT molecular complexity index is 217. The summed E-state index contributed by atoms with van der Waals surface area (Å²) in [6, 6.07) is 4.08. The summed E-state index contributed by atoms with van der Waals surface area (Å²) in [5.74, 6) is 0.944. The highest BCUT2D eigenvalue weighted by molar-refractivity contribution is 6.28. The Hall–Kier alpha value is -0.470. The van der Waals surface area contributed by atoms with E-state index in [1.54, 1.807) is 6.07 Å². The molecule has 9 heavy (non-hydrogen) atoms. The minimum atomic E-state index is 0.428. The molecule has 1 fully saturated rings. The van der Waals surface area contributed by atoms with Gasteiger partial charge in [-0.25, -0.2) is 0 Å². The van der Waals surface area contributed by atoms with Crippen molar-refractivity contribution in [1.82, 2.24) is 5.32 Å². The summed E-state index contributed by atoms with van der Waals surface area (Å²) < 4.78 is 5.11. The van der Waals surface area contributed by atoms with Crippen molar-refractivity contribution in [1.29, 1.82) is 0 Å². The highest BCUT2D eigenvalue weighted by atomic mass is 35.5. The van der Waals surface area contributed by atoms with Crippen molar-refractivity contribution in [3.63, 3.8) is 0 Å². The maximum atomic E-state index is 5.54. The summed E-state index contributed by atoms with van der Waals surface area (Å²) in [5.41, 5.74) is 0. The lowest BCUT2D eigenvalue weighted by Gasteiger charge is -1.83. The predicted molar refractivity (Wildman–Crippen MR) is 34.5 cm³/mol. The molecule has 2 rings (SSSR count). The normalized spacial score (nSPS) is 24.3. The third-order valence-electron chi connectivity index (χ3n) is 1.35. The molecule has 1 aromatic rings. The molecule has 0 saturated carbocycles. The van der Waals surface area contributed by atoms with Crippen LogP contribution in [0.1, 0.15) is 11.8 Å². The number of halogens is 1. The molecule has 48 valence electrons. The molecule has 0 unspecified atom stereocenters. The topological polar surface area (TPSA) is 35.1 Å². The van der Waals surface area contributed by atoms with E-state index in [9.17, 15) is 0 Å². The lowest BCUT2D eigenvalue weighted by Crippen LogP contribution is -1.76. The summed E-state index contributed by atoms with van der Waals surface area (Å²) in [6.07, 6.45) is 0. The van der Waals surface area contributed by atoms with Gasteiger partial charge >= 0.3 is 0 Å². The van der Waals surface area contributed by atoms with Crippen molar-refractivity contribution < 1.29 is 4.42 Å². The molecule has 1 aliphatic heterocycles. The molecule has 0 bridgehead atoms. The molecular weight excluding hydrogens is 138 g/mol. The highest BCUT2D eigenvalue weighted by Gasteiger charge is 2.25. The maximum Gasteiger partial charge on any atom is 0.193 e. The Morgan fingerprint density at radius 3 is 2.89 bits per heavy atom. The maximum absolute atomic E-state index is 5.54. The average molecular weight is 144 g/mol. The minimum Gasteiger partial charge on any atom is -0.448 e. The highest BCUT2D eigenvalue weighted by Crippen LogP contribution is 2.25. The van der Waals surface area contributed by atoms with Crippen LogP contribution in [-0.4, -0.2) is 6.54 Å². The number of hydrogen-bond donors (Lipinski definition) is 1. The molecule has 1 aliphatic rings. The summed E-state index contributed by atoms with van der Waals surface area (Å²) in [5, 5.41) is 3.58. The zero-order chi connectivity index (χ0) is 6.27. The zero-order valence-electron chi connectivity index (χ0n) is 4.73. The van der Waals surface area contributed by atoms with Crippen molar-refractivity contribution in [2.75, 3.05) is 6.54 Å². The van der Waals surface area contributed by atoms with Crippen LogP contribution >= 0.6 is 11.6 Å². The molecule has 0 radical (unpaired) electrons. The Morgan fingerprint density at radius 1 is 1.67 bits per heavy atom. The first-order chi connectivity index (χ1) is 4.36. The SMILES string of the molecule is Clc1ccc([C@H]2CN2)o1. The summed E-state index contributed by atoms with van der Waals surface area (Å²) >= 11 is 5.54. The molecule has 1 atom stereocenters. The first kappa shape index (κ1) is 5.33. The molecule has 1 saturated heterocycles. The van der Waals surface area contributed by atoms with Crippen LogP contribution in [0.3, 0.4) is 0 Å². The first-order valence-corrected chi connectivity index (χ1v) is 3.23. The van der Waals surface area contributed by atoms with Gasteiger partial charge in [-0.15, -0.1) is 0 Å². The van der Waals surface area contributed by atoms with E-state index in [2.05, 4.69) is 5.32 Å². The standard InChI is InChI=1S/C6H6ClNO/c7-6-2-1-5(9-6)4-3-8-4/h1-2,4,8H,3H2/t4-/m1/s1. The molecule has 0 spiro atoms. The second-order valence-corrected chi connectivity index (χ2v) is 2.48. The fourth-order valence-corrected chi connectivity index (χ4v) is 0.928. The summed E-state index contributed by atoms with van der Waals surface area (Å²) in [4.78, 5) is 0. The quantitative estimate of drug-likeness (QED) is 0.606. The van der Waals surface area contributed by atoms with Crippen LogP contribution in [0.5, 0.6) is 0 Å². The second-order valence-electron chi connectivity index (χ2n) is 2.10. The third-order valence-corrected chi connectivity index (χ3v) is 1.55. The van der Waals surface area contributed by atoms with Crippen LogP contribution in [0.2, 0.25) is 5.22 Å². The van der Waals surface area contributed by atoms with Crippen molar-refractivity contribution >= 4 is 11.6 Å². The Balaban J connectivity index is 2.28. The molecule has 1 N–H and O–H groups in total. The number of hydrogen-bond acceptors (Lipinski definition) is 2. The van der Waals surface area contributed by atoms with Gasteiger partial charge in [0.05, 0.1) is 6.04 Å². The molecule has 3 heteroatoms. The van der Waals surface area contributed by atoms with Gasteiger partial charge in [-0.05, 0) is 23.7 Å². The van der Waals surface area contributed by atoms with E-state index < -0.39 is 0 Å². The van der Waals surface area contributed by atoms with Gasteiger partial charge in [0.1, 0.15) is 5.76 Å². The van der Waals surface area contributed by atoms with E-state index >= 15 is 0 Å². The van der Waals surface area contributed by atoms with Gasteiger partial charge in [-0.1, -0.05) is 0 Å². The fourth-order valence-electron chi connectivity index (χ4n) is 0.776. The molecular formula is C6H6ClNO. The van der Waals surface area contributed by atoms with Crippen LogP contribution < -0.4 is 5.32 Å². The van der Waals surface area contributed by atoms with Gasteiger partial charge in [0, 0.05) is 6.54 Å². The fraction of sp³-hybridized carbons (Fsp3) is 0.333. The molecule has 2 heterocycles. The largest absolute Gasteiger partial charge is 0.448 e. The van der Waals surface area contributed by atoms with Crippen LogP contribution in [-0.2, 0) is 0 Å². The molecule has 2 nitrogen and oxygen atoms in total. The Labute approximate surface area is 57.8 Å². The van der Waals surface area contributed by atoms with Gasteiger partial charge in [0.25, 0.3) is 0 Å². The van der Waals surface area contributed by atoms with Crippen molar-refractivity contribution in [2.24, 2.45) is 0 Å². The summed E-state index contributed by atoms with van der Waals surface area (Å²) in [6.45, 7) is 1.02. The summed E-state index contributed by atoms with van der Waals surface area (Å²) in [7, 11) is 0. The van der Waals surface area contributed by atoms with Gasteiger partial charge in [0.2, 0.25) is 0 Å². The van der Waals surface area contributed by atoms with Gasteiger partial charge in [-0.3, -0.25) is 0 Å². The predicted octanol–water partition coefficient (Wildman–Crippen LogP) is 1.58. The molecule has 0 aliphatic carbocycles. The van der Waals surface area contributed by atoms with Crippen molar-refractivity contribution in [3.8, 4) is 0 Å². The third kappa shape index (κ3) is 0.955. The van der Waals surface area contributed by atoms with Gasteiger partial charge in [0.15, 0.2) is 5.22 Å². The Morgan fingerprint density at radius 2 is 2.44 bits per heavy atom. The van der Waals surface area contributed by atoms with Crippen molar-refractivity contribution in [2.45, 2.75) is 6.04 Å². The molecule has 0 amide bonds. The zero-order valence-corrected chi connectivity index (χ0v) is 5.48. The second kappa shape index (κ2) is 1.75. The van der Waals surface area contributed by atoms with Crippen LogP contribution in [0.25, 0.3) is 0 Å². The van der Waals surface area contributed by atoms with Crippen molar-refractivity contribution in [3.05, 3.63) is 23.1 Å². The van der Waals surface area contributed by atoms with E-state index in [1.165, 1.54) is 0 Å². The van der Waals surface area contributed by atoms with Crippen LogP contribution in [0.4, 0.5) is 0 Å². The Kier molecular flexibility index (Phi) is 1.04. The van der Waals surface area contributed by atoms with Crippen LogP contribution in [0, 0.1) is 0 Å². The van der Waals surface area contributed by atoms with E-state index in [0.29, 0.717) is 11.3 Å². The smallest absolute Gasteiger partial charge is 0.193 e. The minimum absolute atomic E-state index is 0.428. The number of rotatable bonds is 1. The van der Waals surface area contributed by atoms with Gasteiger partial charge < -0.3 is 9.73 Å². The van der Waals surface area contributed by atoms with Crippen LogP contribution in [0.15, 0.2) is 16.5 Å². The van der Waals surface area contributed by atoms with Gasteiger partial charge in [-0.2, -0.15) is 0 Å². The van der Waals surface area contributed by atoms with E-state index in [0.717, 1.165) is 12.3 Å². The lowest BCUT2D eigenvalue weighted by atomic mass is 10.4. The monoisotopic (exact) mass is 143 g/mol. The molecule has 1 aromatic heterocycles. The number of furan rings is 1. The molecule has 0 aromatic carbocycles. The number of nitrogens with one attached hydrogen (secondary N) is 1. The first-order valence-electron chi connectivity index (χ1n) is 2.85.